The van der Waals surface area contributed by atoms with E-state index in [9.17, 15) is 4.79 Å². The predicted octanol–water partition coefficient (Wildman–Crippen LogP) is 3.76. The maximum Gasteiger partial charge on any atom is 0.321 e. The molecule has 0 aromatic heterocycles. The molecule has 0 atom stereocenters. The van der Waals surface area contributed by atoms with Gasteiger partial charge in [0.1, 0.15) is 0 Å². The number of urea groups is 1. The third-order valence-corrected chi connectivity index (χ3v) is 3.32. The molecular formula is C17H20N2O. The number of rotatable bonds is 4. The standard InChI is InChI=1S/C17H20N2O/c1-3-19(2)17(20)18-16-12-8-7-11-15(16)13-14-9-5-4-6-10-14/h4-12H,3,13H2,1-2H3,(H,18,20). The molecular weight excluding hydrogens is 248 g/mol. The Kier molecular flexibility index (Phi) is 4.77. The van der Waals surface area contributed by atoms with Crippen molar-refractivity contribution >= 4 is 11.7 Å². The summed E-state index contributed by atoms with van der Waals surface area (Å²) in [5.74, 6) is 0. The molecule has 0 aliphatic rings. The van der Waals surface area contributed by atoms with Gasteiger partial charge in [-0.05, 0) is 30.5 Å². The van der Waals surface area contributed by atoms with Gasteiger partial charge >= 0.3 is 6.03 Å². The van der Waals surface area contributed by atoms with Crippen LogP contribution in [-0.2, 0) is 6.42 Å². The monoisotopic (exact) mass is 268 g/mol. The Balaban J connectivity index is 2.16. The number of amides is 2. The molecule has 0 radical (unpaired) electrons. The van der Waals surface area contributed by atoms with Crippen LogP contribution in [0.3, 0.4) is 0 Å². The molecule has 0 aliphatic carbocycles. The van der Waals surface area contributed by atoms with Gasteiger partial charge in [0.2, 0.25) is 0 Å². The maximum atomic E-state index is 12.0. The van der Waals surface area contributed by atoms with Crippen LogP contribution in [0.2, 0.25) is 0 Å². The second-order valence-electron chi connectivity index (χ2n) is 4.76. The molecule has 2 aromatic carbocycles. The highest BCUT2D eigenvalue weighted by Gasteiger charge is 2.09. The van der Waals surface area contributed by atoms with Crippen LogP contribution in [0.4, 0.5) is 10.5 Å². The molecule has 0 spiro atoms. The van der Waals surface area contributed by atoms with Gasteiger partial charge in [0.15, 0.2) is 0 Å². The minimum absolute atomic E-state index is 0.0759. The molecule has 0 saturated carbocycles. The van der Waals surface area contributed by atoms with E-state index < -0.39 is 0 Å². The van der Waals surface area contributed by atoms with E-state index in [4.69, 9.17) is 0 Å². The number of carbonyl (C=O) groups is 1. The van der Waals surface area contributed by atoms with Crippen molar-refractivity contribution in [2.75, 3.05) is 18.9 Å². The summed E-state index contributed by atoms with van der Waals surface area (Å²) < 4.78 is 0. The normalized spacial score (nSPS) is 10.1. The summed E-state index contributed by atoms with van der Waals surface area (Å²) in [7, 11) is 1.79. The smallest absolute Gasteiger partial charge is 0.321 e. The van der Waals surface area contributed by atoms with E-state index in [1.165, 1.54) is 5.56 Å². The first-order chi connectivity index (χ1) is 9.70. The van der Waals surface area contributed by atoms with Gasteiger partial charge in [0, 0.05) is 19.3 Å². The molecule has 20 heavy (non-hydrogen) atoms. The van der Waals surface area contributed by atoms with E-state index >= 15 is 0 Å². The Morgan fingerprint density at radius 1 is 1.05 bits per heavy atom. The van der Waals surface area contributed by atoms with E-state index in [1.807, 2.05) is 43.3 Å². The molecule has 1 N–H and O–H groups in total. The Hall–Kier alpha value is -2.29. The second kappa shape index (κ2) is 6.75. The zero-order valence-corrected chi connectivity index (χ0v) is 12.0. The molecule has 0 aliphatic heterocycles. The van der Waals surface area contributed by atoms with Crippen LogP contribution in [0, 0.1) is 0 Å². The minimum Gasteiger partial charge on any atom is -0.328 e. The fourth-order valence-electron chi connectivity index (χ4n) is 1.97. The molecule has 3 heteroatoms. The van der Waals surface area contributed by atoms with Crippen LogP contribution < -0.4 is 5.32 Å². The van der Waals surface area contributed by atoms with Crippen molar-refractivity contribution in [2.24, 2.45) is 0 Å². The van der Waals surface area contributed by atoms with Crippen LogP contribution >= 0.6 is 0 Å². The van der Waals surface area contributed by atoms with Gasteiger partial charge < -0.3 is 10.2 Å². The first-order valence-corrected chi connectivity index (χ1v) is 6.84. The Labute approximate surface area is 120 Å². The molecule has 2 rings (SSSR count). The topological polar surface area (TPSA) is 32.3 Å². The van der Waals surface area contributed by atoms with E-state index in [-0.39, 0.29) is 6.03 Å². The fourth-order valence-corrected chi connectivity index (χ4v) is 1.97. The lowest BCUT2D eigenvalue weighted by Crippen LogP contribution is -2.31. The summed E-state index contributed by atoms with van der Waals surface area (Å²) in [5.41, 5.74) is 3.23. The quantitative estimate of drug-likeness (QED) is 0.899. The zero-order chi connectivity index (χ0) is 14.4. The molecule has 2 amide bonds. The Morgan fingerprint density at radius 3 is 2.40 bits per heavy atom. The number of nitrogens with zero attached hydrogens (tertiary/aromatic N) is 1. The van der Waals surface area contributed by atoms with Crippen LogP contribution in [0.5, 0.6) is 0 Å². The number of hydrogen-bond acceptors (Lipinski definition) is 1. The number of hydrogen-bond donors (Lipinski definition) is 1. The predicted molar refractivity (Wildman–Crippen MR) is 83.0 cm³/mol. The molecule has 0 bridgehead atoms. The van der Waals surface area contributed by atoms with Crippen LogP contribution in [0.1, 0.15) is 18.1 Å². The van der Waals surface area contributed by atoms with Crippen molar-refractivity contribution in [3.05, 3.63) is 65.7 Å². The molecule has 3 nitrogen and oxygen atoms in total. The summed E-state index contributed by atoms with van der Waals surface area (Å²) in [5, 5.41) is 2.97. The number of nitrogens with one attached hydrogen (secondary N) is 1. The van der Waals surface area contributed by atoms with Gasteiger partial charge in [0.05, 0.1) is 0 Å². The molecule has 104 valence electrons. The summed E-state index contributed by atoms with van der Waals surface area (Å²) in [6.07, 6.45) is 0.813. The highest BCUT2D eigenvalue weighted by atomic mass is 16.2. The maximum absolute atomic E-state index is 12.0. The number of benzene rings is 2. The lowest BCUT2D eigenvalue weighted by Gasteiger charge is -2.17. The summed E-state index contributed by atoms with van der Waals surface area (Å²) in [6, 6.07) is 18.1. The third kappa shape index (κ3) is 3.60. The number of carbonyl (C=O) groups excluding carboxylic acids is 1. The average Bonchev–Trinajstić information content (AvgIpc) is 2.49. The van der Waals surface area contributed by atoms with Crippen molar-refractivity contribution in [1.82, 2.24) is 4.90 Å². The van der Waals surface area contributed by atoms with Crippen LogP contribution in [0.15, 0.2) is 54.6 Å². The lowest BCUT2D eigenvalue weighted by atomic mass is 10.0. The van der Waals surface area contributed by atoms with Crippen molar-refractivity contribution in [3.63, 3.8) is 0 Å². The highest BCUT2D eigenvalue weighted by molar-refractivity contribution is 5.90. The molecule has 0 heterocycles. The molecule has 2 aromatic rings. The van der Waals surface area contributed by atoms with Crippen molar-refractivity contribution in [3.8, 4) is 0 Å². The van der Waals surface area contributed by atoms with E-state index in [0.717, 1.165) is 17.7 Å². The van der Waals surface area contributed by atoms with Gasteiger partial charge in [-0.1, -0.05) is 48.5 Å². The first kappa shape index (κ1) is 14.1. The lowest BCUT2D eigenvalue weighted by molar-refractivity contribution is 0.224. The Morgan fingerprint density at radius 2 is 1.70 bits per heavy atom. The minimum atomic E-state index is -0.0759. The molecule has 0 saturated heterocycles. The fraction of sp³-hybridized carbons (Fsp3) is 0.235. The van der Waals surface area contributed by atoms with Gasteiger partial charge in [-0.3, -0.25) is 0 Å². The van der Waals surface area contributed by atoms with Crippen molar-refractivity contribution in [2.45, 2.75) is 13.3 Å². The van der Waals surface area contributed by atoms with E-state index in [0.29, 0.717) is 6.54 Å². The summed E-state index contributed by atoms with van der Waals surface area (Å²) in [6.45, 7) is 2.64. The van der Waals surface area contributed by atoms with E-state index in [1.54, 1.807) is 11.9 Å². The van der Waals surface area contributed by atoms with E-state index in [2.05, 4.69) is 23.5 Å². The van der Waals surface area contributed by atoms with Gasteiger partial charge in [-0.2, -0.15) is 0 Å². The third-order valence-electron chi connectivity index (χ3n) is 3.32. The van der Waals surface area contributed by atoms with Gasteiger partial charge in [-0.25, -0.2) is 4.79 Å². The summed E-state index contributed by atoms with van der Waals surface area (Å²) >= 11 is 0. The first-order valence-electron chi connectivity index (χ1n) is 6.84. The van der Waals surface area contributed by atoms with Crippen molar-refractivity contribution < 1.29 is 4.79 Å². The molecule has 0 fully saturated rings. The van der Waals surface area contributed by atoms with Crippen LogP contribution in [-0.4, -0.2) is 24.5 Å². The largest absolute Gasteiger partial charge is 0.328 e. The number of anilines is 1. The second-order valence-corrected chi connectivity index (χ2v) is 4.76. The highest BCUT2D eigenvalue weighted by Crippen LogP contribution is 2.19. The molecule has 0 unspecified atom stereocenters. The number of para-hydroxylation sites is 1. The van der Waals surface area contributed by atoms with Gasteiger partial charge in [0.25, 0.3) is 0 Å². The zero-order valence-electron chi connectivity index (χ0n) is 12.0. The van der Waals surface area contributed by atoms with Gasteiger partial charge in [-0.15, -0.1) is 0 Å². The van der Waals surface area contributed by atoms with Crippen LogP contribution in [0.25, 0.3) is 0 Å². The summed E-state index contributed by atoms with van der Waals surface area (Å²) in [4.78, 5) is 13.6. The average molecular weight is 268 g/mol. The Bertz CT molecular complexity index is 566. The SMILES string of the molecule is CCN(C)C(=O)Nc1ccccc1Cc1ccccc1. The van der Waals surface area contributed by atoms with Crippen molar-refractivity contribution in [1.29, 1.82) is 0 Å².